The van der Waals surface area contributed by atoms with Gasteiger partial charge in [-0.2, -0.15) is 4.98 Å². The molecule has 0 bridgehead atoms. The first-order valence-electron chi connectivity index (χ1n) is 11.6. The van der Waals surface area contributed by atoms with E-state index in [-0.39, 0.29) is 24.7 Å². The van der Waals surface area contributed by atoms with E-state index in [1.165, 1.54) is 29.4 Å². The molecule has 2 aromatic carbocycles. The molecule has 2 amide bonds. The summed E-state index contributed by atoms with van der Waals surface area (Å²) < 4.78 is 21.9. The summed E-state index contributed by atoms with van der Waals surface area (Å²) in [5, 5.41) is 3.26. The largest absolute Gasteiger partial charge is 0.442 e. The van der Waals surface area contributed by atoms with Gasteiger partial charge in [0.25, 0.3) is 0 Å². The Morgan fingerprint density at radius 1 is 1.08 bits per heavy atom. The van der Waals surface area contributed by atoms with Crippen LogP contribution in [0.3, 0.4) is 0 Å². The Morgan fingerprint density at radius 2 is 1.81 bits per heavy atom. The first-order valence-corrected chi connectivity index (χ1v) is 12.3. The number of carbonyl (C=O) groups excluding carboxylic acids is 2. The third-order valence-electron chi connectivity index (χ3n) is 6.12. The van der Waals surface area contributed by atoms with Crippen molar-refractivity contribution in [2.75, 3.05) is 54.0 Å². The van der Waals surface area contributed by atoms with Gasteiger partial charge in [-0.3, -0.25) is 9.69 Å². The van der Waals surface area contributed by atoms with Gasteiger partial charge in [0.1, 0.15) is 11.9 Å². The summed E-state index contributed by atoms with van der Waals surface area (Å²) in [6.07, 6.45) is -1.06. The number of amides is 2. The molecule has 5 rings (SSSR count). The van der Waals surface area contributed by atoms with E-state index in [1.54, 1.807) is 16.1 Å². The van der Waals surface area contributed by atoms with Gasteiger partial charge in [-0.05, 0) is 41.9 Å². The molecule has 0 saturated carbocycles. The van der Waals surface area contributed by atoms with Crippen molar-refractivity contribution in [3.63, 3.8) is 0 Å². The predicted molar refractivity (Wildman–Crippen MR) is 135 cm³/mol. The number of ether oxygens (including phenoxy) is 1. The first kappa shape index (κ1) is 23.8. The standard InChI is InChI=1S/C24H25FN6O4S/c1-16(32)26-14-19-15-30(24(34)35-19)18-7-8-21(20(25)13-18)28-9-11-29(12-10-28)23-27-22(33)31(36-23)17-5-3-2-4-6-17/h2-8,13,19H,9-12,14-15H2,1H3,(H,26,32). The van der Waals surface area contributed by atoms with Gasteiger partial charge in [-0.25, -0.2) is 17.9 Å². The monoisotopic (exact) mass is 512 g/mol. The fraction of sp³-hybridized carbons (Fsp3) is 0.333. The van der Waals surface area contributed by atoms with Crippen LogP contribution in [-0.4, -0.2) is 66.3 Å². The molecule has 0 aliphatic carbocycles. The van der Waals surface area contributed by atoms with Crippen molar-refractivity contribution < 1.29 is 18.7 Å². The highest BCUT2D eigenvalue weighted by Crippen LogP contribution is 2.29. The van der Waals surface area contributed by atoms with E-state index in [0.29, 0.717) is 42.7 Å². The van der Waals surface area contributed by atoms with Crippen LogP contribution in [0.15, 0.2) is 53.3 Å². The van der Waals surface area contributed by atoms with Crippen molar-refractivity contribution in [3.05, 3.63) is 64.8 Å². The number of anilines is 3. The van der Waals surface area contributed by atoms with Crippen molar-refractivity contribution >= 4 is 40.0 Å². The van der Waals surface area contributed by atoms with Crippen LogP contribution in [-0.2, 0) is 9.53 Å². The number of hydrogen-bond donors (Lipinski definition) is 1. The van der Waals surface area contributed by atoms with Gasteiger partial charge >= 0.3 is 11.8 Å². The third-order valence-corrected chi connectivity index (χ3v) is 7.18. The number of piperazine rings is 1. The Labute approximate surface area is 210 Å². The number of benzene rings is 2. The molecular weight excluding hydrogens is 487 g/mol. The fourth-order valence-corrected chi connectivity index (χ4v) is 5.20. The summed E-state index contributed by atoms with van der Waals surface area (Å²) in [7, 11) is 0. The van der Waals surface area contributed by atoms with E-state index in [2.05, 4.69) is 10.3 Å². The summed E-state index contributed by atoms with van der Waals surface area (Å²) >= 11 is 1.29. The van der Waals surface area contributed by atoms with Gasteiger partial charge < -0.3 is 19.9 Å². The molecule has 1 N–H and O–H groups in total. The minimum atomic E-state index is -0.569. The van der Waals surface area contributed by atoms with Crippen molar-refractivity contribution in [1.29, 1.82) is 0 Å². The van der Waals surface area contributed by atoms with Gasteiger partial charge in [0.05, 0.1) is 30.2 Å². The molecule has 0 radical (unpaired) electrons. The van der Waals surface area contributed by atoms with Crippen LogP contribution in [0.1, 0.15) is 6.92 Å². The lowest BCUT2D eigenvalue weighted by molar-refractivity contribution is -0.119. The van der Waals surface area contributed by atoms with Crippen LogP contribution in [0, 0.1) is 5.82 Å². The second-order valence-corrected chi connectivity index (χ2v) is 9.47. The smallest absolute Gasteiger partial charge is 0.414 e. The molecule has 3 aromatic rings. The van der Waals surface area contributed by atoms with Crippen LogP contribution in [0.4, 0.5) is 25.7 Å². The lowest BCUT2D eigenvalue weighted by Crippen LogP contribution is -2.47. The van der Waals surface area contributed by atoms with Gasteiger partial charge in [-0.1, -0.05) is 18.2 Å². The van der Waals surface area contributed by atoms with Gasteiger partial charge in [0.2, 0.25) is 11.0 Å². The number of halogens is 1. The van der Waals surface area contributed by atoms with E-state index < -0.39 is 18.0 Å². The summed E-state index contributed by atoms with van der Waals surface area (Å²) in [4.78, 5) is 45.3. The Kier molecular flexibility index (Phi) is 6.59. The van der Waals surface area contributed by atoms with Crippen LogP contribution in [0.5, 0.6) is 0 Å². The third kappa shape index (κ3) is 4.89. The van der Waals surface area contributed by atoms with E-state index in [4.69, 9.17) is 4.74 Å². The molecule has 1 unspecified atom stereocenters. The molecule has 12 heteroatoms. The normalized spacial score (nSPS) is 17.9. The summed E-state index contributed by atoms with van der Waals surface area (Å²) in [6, 6.07) is 14.0. The maximum atomic E-state index is 15.1. The van der Waals surface area contributed by atoms with Crippen molar-refractivity contribution in [2.24, 2.45) is 0 Å². The number of nitrogens with one attached hydrogen (secondary N) is 1. The van der Waals surface area contributed by atoms with Crippen molar-refractivity contribution in [2.45, 2.75) is 13.0 Å². The average molecular weight is 513 g/mol. The Morgan fingerprint density at radius 3 is 2.50 bits per heavy atom. The molecule has 36 heavy (non-hydrogen) atoms. The molecule has 2 saturated heterocycles. The molecule has 2 aliphatic heterocycles. The van der Waals surface area contributed by atoms with E-state index in [0.717, 1.165) is 5.69 Å². The Bertz CT molecular complexity index is 1320. The van der Waals surface area contributed by atoms with Crippen LogP contribution >= 0.6 is 11.5 Å². The maximum Gasteiger partial charge on any atom is 0.414 e. The van der Waals surface area contributed by atoms with Crippen LogP contribution < -0.4 is 25.7 Å². The zero-order chi connectivity index (χ0) is 25.2. The Balaban J connectivity index is 1.22. The molecule has 3 heterocycles. The van der Waals surface area contributed by atoms with E-state index in [1.807, 2.05) is 40.1 Å². The number of rotatable bonds is 6. The van der Waals surface area contributed by atoms with Crippen molar-refractivity contribution in [1.82, 2.24) is 14.3 Å². The lowest BCUT2D eigenvalue weighted by atomic mass is 10.2. The number of aromatic nitrogens is 2. The topological polar surface area (TPSA) is 100 Å². The second-order valence-electron chi connectivity index (χ2n) is 8.56. The first-order chi connectivity index (χ1) is 17.4. The van der Waals surface area contributed by atoms with Crippen LogP contribution in [0.25, 0.3) is 5.69 Å². The zero-order valence-corrected chi connectivity index (χ0v) is 20.4. The summed E-state index contributed by atoms with van der Waals surface area (Å²) in [5.74, 6) is -0.643. The average Bonchev–Trinajstić information content (AvgIpc) is 3.45. The molecule has 0 spiro atoms. The summed E-state index contributed by atoms with van der Waals surface area (Å²) in [6.45, 7) is 4.12. The molecular formula is C24H25FN6O4S. The van der Waals surface area contributed by atoms with Gasteiger partial charge in [0.15, 0.2) is 0 Å². The van der Waals surface area contributed by atoms with Gasteiger partial charge in [0, 0.05) is 33.1 Å². The number of hydrogen-bond acceptors (Lipinski definition) is 8. The molecule has 188 valence electrons. The predicted octanol–water partition coefficient (Wildman–Crippen LogP) is 2.22. The quantitative estimate of drug-likeness (QED) is 0.541. The number of carbonyl (C=O) groups is 2. The highest BCUT2D eigenvalue weighted by molar-refractivity contribution is 7.10. The maximum absolute atomic E-state index is 15.1. The molecule has 10 nitrogen and oxygen atoms in total. The molecule has 2 aliphatic rings. The van der Waals surface area contributed by atoms with E-state index in [9.17, 15) is 14.4 Å². The highest BCUT2D eigenvalue weighted by Gasteiger charge is 2.33. The fourth-order valence-electron chi connectivity index (χ4n) is 4.28. The lowest BCUT2D eigenvalue weighted by Gasteiger charge is -2.36. The van der Waals surface area contributed by atoms with Crippen molar-refractivity contribution in [3.8, 4) is 5.69 Å². The molecule has 2 fully saturated rings. The highest BCUT2D eigenvalue weighted by atomic mass is 32.1. The molecule has 1 aromatic heterocycles. The van der Waals surface area contributed by atoms with E-state index >= 15 is 4.39 Å². The SMILES string of the molecule is CC(=O)NCC1CN(c2ccc(N3CCN(c4nc(=O)n(-c5ccccc5)s4)CC3)c(F)c2)C(=O)O1. The Hall–Kier alpha value is -3.93. The summed E-state index contributed by atoms with van der Waals surface area (Å²) in [5.41, 5.74) is 1.31. The minimum Gasteiger partial charge on any atom is -0.442 e. The zero-order valence-electron chi connectivity index (χ0n) is 19.6. The number of para-hydroxylation sites is 1. The second kappa shape index (κ2) is 9.97. The number of nitrogens with zero attached hydrogens (tertiary/aromatic N) is 5. The molecule has 1 atom stereocenters. The van der Waals surface area contributed by atoms with Crippen LogP contribution in [0.2, 0.25) is 0 Å². The number of cyclic esters (lactones) is 1. The minimum absolute atomic E-state index is 0.209. The van der Waals surface area contributed by atoms with Gasteiger partial charge in [-0.15, -0.1) is 0 Å².